The minimum Gasteiger partial charge on any atom is -0.357 e. The van der Waals surface area contributed by atoms with E-state index in [1.165, 1.54) is 0 Å². The predicted octanol–water partition coefficient (Wildman–Crippen LogP) is 2.53. The summed E-state index contributed by atoms with van der Waals surface area (Å²) in [5, 5.41) is 6.66. The molecule has 0 saturated carbocycles. The van der Waals surface area contributed by atoms with Crippen LogP contribution in [0.25, 0.3) is 0 Å². The van der Waals surface area contributed by atoms with Crippen LogP contribution in [0.2, 0.25) is 0 Å². The lowest BCUT2D eigenvalue weighted by Crippen LogP contribution is -2.38. The topological polar surface area (TPSA) is 52.6 Å². The molecule has 2 N–H and O–H groups in total. The van der Waals surface area contributed by atoms with Gasteiger partial charge in [0, 0.05) is 37.9 Å². The van der Waals surface area contributed by atoms with Crippen molar-refractivity contribution in [3.8, 4) is 0 Å². The van der Waals surface area contributed by atoms with Crippen molar-refractivity contribution in [2.45, 2.75) is 33.6 Å². The third-order valence-electron chi connectivity index (χ3n) is 3.54. The van der Waals surface area contributed by atoms with Gasteiger partial charge in [-0.1, -0.05) is 19.9 Å². The maximum absolute atomic E-state index is 4.63. The molecule has 0 radical (unpaired) electrons. The van der Waals surface area contributed by atoms with Crippen LogP contribution in [0, 0.1) is 0 Å². The molecule has 1 aromatic rings. The number of halogens is 1. The fraction of sp³-hybridized carbons (Fsp3) is 0.647. The van der Waals surface area contributed by atoms with Crippen LogP contribution in [0.1, 0.15) is 32.9 Å². The van der Waals surface area contributed by atoms with Gasteiger partial charge in [0.1, 0.15) is 0 Å². The highest BCUT2D eigenvalue weighted by atomic mass is 127. The first-order chi connectivity index (χ1) is 10.8. The van der Waals surface area contributed by atoms with Gasteiger partial charge in [0.2, 0.25) is 0 Å². The molecule has 0 aliphatic heterocycles. The molecule has 6 heteroatoms. The summed E-state index contributed by atoms with van der Waals surface area (Å²) in [6.07, 6.45) is 3.84. The first-order valence-corrected chi connectivity index (χ1v) is 8.44. The molecular formula is C17H32IN5. The van der Waals surface area contributed by atoms with Gasteiger partial charge in [-0.15, -0.1) is 24.0 Å². The average molecular weight is 433 g/mol. The average Bonchev–Trinajstić information content (AvgIpc) is 2.56. The molecule has 132 valence electrons. The molecule has 0 saturated heterocycles. The van der Waals surface area contributed by atoms with Gasteiger partial charge in [0.15, 0.2) is 5.96 Å². The summed E-state index contributed by atoms with van der Waals surface area (Å²) in [6.45, 7) is 12.4. The largest absolute Gasteiger partial charge is 0.357 e. The quantitative estimate of drug-likeness (QED) is 0.258. The van der Waals surface area contributed by atoms with Crippen molar-refractivity contribution in [3.63, 3.8) is 0 Å². The molecule has 0 unspecified atom stereocenters. The standard InChI is InChI=1S/C17H31N5.HI/c1-4-18-17(20-13-9-15-22(5-2)6-3)21-14-11-16-10-7-8-12-19-16;/h7-8,10,12H,4-6,9,11,13-15H2,1-3H3,(H2,18,20,21);1H. The molecule has 1 aromatic heterocycles. The summed E-state index contributed by atoms with van der Waals surface area (Å²) >= 11 is 0. The molecule has 1 rings (SSSR count). The summed E-state index contributed by atoms with van der Waals surface area (Å²) in [5.41, 5.74) is 1.10. The fourth-order valence-electron chi connectivity index (χ4n) is 2.22. The van der Waals surface area contributed by atoms with E-state index in [4.69, 9.17) is 0 Å². The Morgan fingerprint density at radius 3 is 2.57 bits per heavy atom. The smallest absolute Gasteiger partial charge is 0.191 e. The number of hydrogen-bond donors (Lipinski definition) is 2. The molecular weight excluding hydrogens is 401 g/mol. The second-order valence-electron chi connectivity index (χ2n) is 5.14. The zero-order valence-electron chi connectivity index (χ0n) is 14.7. The Hall–Kier alpha value is -0.890. The van der Waals surface area contributed by atoms with Crippen LogP contribution in [0.5, 0.6) is 0 Å². The molecule has 0 fully saturated rings. The van der Waals surface area contributed by atoms with Gasteiger partial charge in [-0.2, -0.15) is 0 Å². The van der Waals surface area contributed by atoms with Crippen molar-refractivity contribution in [2.75, 3.05) is 39.3 Å². The van der Waals surface area contributed by atoms with Crippen LogP contribution >= 0.6 is 24.0 Å². The maximum Gasteiger partial charge on any atom is 0.191 e. The Balaban J connectivity index is 0.00000484. The van der Waals surface area contributed by atoms with Gasteiger partial charge in [-0.3, -0.25) is 9.98 Å². The number of aromatic nitrogens is 1. The summed E-state index contributed by atoms with van der Waals surface area (Å²) in [6, 6.07) is 6.02. The minimum atomic E-state index is 0. The van der Waals surface area contributed by atoms with Crippen LogP contribution in [0.3, 0.4) is 0 Å². The van der Waals surface area contributed by atoms with Crippen molar-refractivity contribution >= 4 is 29.9 Å². The van der Waals surface area contributed by atoms with Gasteiger partial charge in [0.25, 0.3) is 0 Å². The second-order valence-corrected chi connectivity index (χ2v) is 5.14. The predicted molar refractivity (Wildman–Crippen MR) is 110 cm³/mol. The van der Waals surface area contributed by atoms with E-state index in [0.717, 1.165) is 63.8 Å². The molecule has 0 aliphatic rings. The Kier molecular flexibility index (Phi) is 14.1. The minimum absolute atomic E-state index is 0. The third kappa shape index (κ3) is 10.5. The number of pyridine rings is 1. The van der Waals surface area contributed by atoms with E-state index in [0.29, 0.717) is 0 Å². The van der Waals surface area contributed by atoms with Gasteiger partial charge in [0.05, 0.1) is 0 Å². The number of aliphatic imine (C=N–C) groups is 1. The molecule has 0 bridgehead atoms. The van der Waals surface area contributed by atoms with Crippen LogP contribution in [0.15, 0.2) is 29.4 Å². The Morgan fingerprint density at radius 1 is 1.17 bits per heavy atom. The van der Waals surface area contributed by atoms with Crippen molar-refractivity contribution in [2.24, 2.45) is 4.99 Å². The highest BCUT2D eigenvalue weighted by Gasteiger charge is 2.00. The van der Waals surface area contributed by atoms with E-state index >= 15 is 0 Å². The number of nitrogens with zero attached hydrogens (tertiary/aromatic N) is 3. The SMILES string of the molecule is CCNC(=NCCCN(CC)CC)NCCc1ccccn1.I. The Bertz CT molecular complexity index is 407. The second kappa shape index (κ2) is 14.7. The molecule has 0 atom stereocenters. The molecule has 23 heavy (non-hydrogen) atoms. The van der Waals surface area contributed by atoms with Crippen molar-refractivity contribution in [1.29, 1.82) is 0 Å². The van der Waals surface area contributed by atoms with Crippen LogP contribution in [-0.2, 0) is 6.42 Å². The fourth-order valence-corrected chi connectivity index (χ4v) is 2.22. The van der Waals surface area contributed by atoms with E-state index < -0.39 is 0 Å². The number of rotatable bonds is 10. The molecule has 5 nitrogen and oxygen atoms in total. The normalized spacial score (nSPS) is 11.2. The lowest BCUT2D eigenvalue weighted by atomic mass is 10.3. The van der Waals surface area contributed by atoms with Gasteiger partial charge in [-0.25, -0.2) is 0 Å². The molecule has 0 amide bonds. The summed E-state index contributed by atoms with van der Waals surface area (Å²) in [7, 11) is 0. The van der Waals surface area contributed by atoms with Gasteiger partial charge >= 0.3 is 0 Å². The van der Waals surface area contributed by atoms with E-state index in [-0.39, 0.29) is 24.0 Å². The zero-order valence-corrected chi connectivity index (χ0v) is 17.0. The van der Waals surface area contributed by atoms with E-state index in [1.807, 2.05) is 18.3 Å². The van der Waals surface area contributed by atoms with Gasteiger partial charge in [-0.05, 0) is 45.1 Å². The van der Waals surface area contributed by atoms with Crippen LogP contribution < -0.4 is 10.6 Å². The highest BCUT2D eigenvalue weighted by Crippen LogP contribution is 1.94. The Labute approximate surface area is 158 Å². The maximum atomic E-state index is 4.63. The Morgan fingerprint density at radius 2 is 1.96 bits per heavy atom. The van der Waals surface area contributed by atoms with Crippen molar-refractivity contribution < 1.29 is 0 Å². The van der Waals surface area contributed by atoms with E-state index in [2.05, 4.69) is 52.3 Å². The summed E-state index contributed by atoms with van der Waals surface area (Å²) in [5.74, 6) is 0.901. The molecule has 0 aromatic carbocycles. The first-order valence-electron chi connectivity index (χ1n) is 8.44. The van der Waals surface area contributed by atoms with Crippen LogP contribution in [-0.4, -0.2) is 55.1 Å². The van der Waals surface area contributed by atoms with Crippen LogP contribution in [0.4, 0.5) is 0 Å². The zero-order chi connectivity index (χ0) is 16.0. The molecule has 1 heterocycles. The van der Waals surface area contributed by atoms with Gasteiger partial charge < -0.3 is 15.5 Å². The first kappa shape index (κ1) is 22.1. The molecule has 0 spiro atoms. The number of hydrogen-bond acceptors (Lipinski definition) is 3. The molecule has 0 aliphatic carbocycles. The highest BCUT2D eigenvalue weighted by molar-refractivity contribution is 14.0. The van der Waals surface area contributed by atoms with Crippen molar-refractivity contribution in [1.82, 2.24) is 20.5 Å². The van der Waals surface area contributed by atoms with E-state index in [9.17, 15) is 0 Å². The third-order valence-corrected chi connectivity index (χ3v) is 3.54. The number of guanidine groups is 1. The number of nitrogens with one attached hydrogen (secondary N) is 2. The lowest BCUT2D eigenvalue weighted by Gasteiger charge is -2.17. The monoisotopic (exact) mass is 433 g/mol. The lowest BCUT2D eigenvalue weighted by molar-refractivity contribution is 0.302. The summed E-state index contributed by atoms with van der Waals surface area (Å²) in [4.78, 5) is 11.4. The van der Waals surface area contributed by atoms with Crippen molar-refractivity contribution in [3.05, 3.63) is 30.1 Å². The summed E-state index contributed by atoms with van der Waals surface area (Å²) < 4.78 is 0. The van der Waals surface area contributed by atoms with E-state index in [1.54, 1.807) is 0 Å².